The van der Waals surface area contributed by atoms with E-state index in [0.29, 0.717) is 11.6 Å². The van der Waals surface area contributed by atoms with Crippen LogP contribution in [-0.2, 0) is 5.41 Å². The molecule has 0 spiro atoms. The number of rotatable bonds is 4. The third kappa shape index (κ3) is 3.72. The van der Waals surface area contributed by atoms with E-state index in [1.807, 2.05) is 36.4 Å². The summed E-state index contributed by atoms with van der Waals surface area (Å²) in [7, 11) is 1.64. The van der Waals surface area contributed by atoms with Gasteiger partial charge >= 0.3 is 0 Å². The molecule has 0 saturated heterocycles. The van der Waals surface area contributed by atoms with Gasteiger partial charge in [-0.3, -0.25) is 5.10 Å². The third-order valence-corrected chi connectivity index (χ3v) is 4.26. The molecular formula is C20H24N4O. The van der Waals surface area contributed by atoms with E-state index < -0.39 is 0 Å². The van der Waals surface area contributed by atoms with Crippen molar-refractivity contribution in [2.24, 2.45) is 5.73 Å². The topological polar surface area (TPSA) is 76.8 Å². The van der Waals surface area contributed by atoms with E-state index in [4.69, 9.17) is 10.5 Å². The number of hydrogen-bond donors (Lipinski definition) is 2. The summed E-state index contributed by atoms with van der Waals surface area (Å²) < 4.78 is 5.25. The number of methoxy groups -OCH3 is 1. The van der Waals surface area contributed by atoms with E-state index in [-0.39, 0.29) is 11.5 Å². The Bertz CT molecular complexity index is 847. The fraction of sp³-hybridized carbons (Fsp3) is 0.300. The Hall–Kier alpha value is -2.66. The molecule has 0 aliphatic carbocycles. The van der Waals surface area contributed by atoms with Crippen LogP contribution in [0.4, 0.5) is 0 Å². The molecule has 0 unspecified atom stereocenters. The quantitative estimate of drug-likeness (QED) is 0.759. The van der Waals surface area contributed by atoms with Crippen molar-refractivity contribution < 1.29 is 4.74 Å². The Morgan fingerprint density at radius 3 is 2.44 bits per heavy atom. The number of nitrogens with two attached hydrogens (primary N) is 1. The van der Waals surface area contributed by atoms with Crippen molar-refractivity contribution in [1.29, 1.82) is 0 Å². The molecule has 3 N–H and O–H groups in total. The van der Waals surface area contributed by atoms with Gasteiger partial charge in [-0.25, -0.2) is 4.98 Å². The molecule has 3 rings (SSSR count). The molecule has 0 fully saturated rings. The van der Waals surface area contributed by atoms with Crippen molar-refractivity contribution in [3.63, 3.8) is 0 Å². The number of nitrogens with zero attached hydrogens (tertiary/aromatic N) is 2. The van der Waals surface area contributed by atoms with Gasteiger partial charge in [0.05, 0.1) is 13.2 Å². The summed E-state index contributed by atoms with van der Waals surface area (Å²) in [6, 6.07) is 15.6. The first-order valence-corrected chi connectivity index (χ1v) is 8.31. The summed E-state index contributed by atoms with van der Waals surface area (Å²) in [6.07, 6.45) is 0. The first-order chi connectivity index (χ1) is 11.9. The largest absolute Gasteiger partial charge is 0.497 e. The highest BCUT2D eigenvalue weighted by Crippen LogP contribution is 2.26. The summed E-state index contributed by atoms with van der Waals surface area (Å²) in [5.74, 6) is 2.04. The number of aromatic nitrogens is 3. The van der Waals surface area contributed by atoms with Crippen LogP contribution < -0.4 is 10.5 Å². The number of benzene rings is 2. The molecule has 3 aromatic rings. The highest BCUT2D eigenvalue weighted by molar-refractivity contribution is 5.55. The van der Waals surface area contributed by atoms with Crippen LogP contribution in [0.25, 0.3) is 11.4 Å². The summed E-state index contributed by atoms with van der Waals surface area (Å²) in [4.78, 5) is 4.57. The average Bonchev–Trinajstić information content (AvgIpc) is 3.10. The maximum absolute atomic E-state index is 6.32. The molecule has 0 amide bonds. The van der Waals surface area contributed by atoms with Gasteiger partial charge in [0.2, 0.25) is 0 Å². The Balaban J connectivity index is 1.84. The fourth-order valence-corrected chi connectivity index (χ4v) is 2.65. The second kappa shape index (κ2) is 6.69. The van der Waals surface area contributed by atoms with Crippen molar-refractivity contribution in [2.75, 3.05) is 7.11 Å². The summed E-state index contributed by atoms with van der Waals surface area (Å²) in [5, 5.41) is 7.28. The highest BCUT2D eigenvalue weighted by Gasteiger charge is 2.17. The second-order valence-corrected chi connectivity index (χ2v) is 7.13. The number of hydrogen-bond acceptors (Lipinski definition) is 4. The van der Waals surface area contributed by atoms with E-state index >= 15 is 0 Å². The van der Waals surface area contributed by atoms with Crippen LogP contribution in [0.1, 0.15) is 43.8 Å². The van der Waals surface area contributed by atoms with Crippen molar-refractivity contribution >= 4 is 0 Å². The maximum Gasteiger partial charge on any atom is 0.181 e. The molecule has 5 heteroatoms. The van der Waals surface area contributed by atoms with Crippen LogP contribution in [0.15, 0.2) is 48.5 Å². The molecule has 1 aromatic heterocycles. The fourth-order valence-electron chi connectivity index (χ4n) is 2.65. The summed E-state index contributed by atoms with van der Waals surface area (Å²) in [6.45, 7) is 6.58. The first-order valence-electron chi connectivity index (χ1n) is 8.31. The van der Waals surface area contributed by atoms with E-state index in [9.17, 15) is 0 Å². The van der Waals surface area contributed by atoms with Crippen molar-refractivity contribution in [3.8, 4) is 17.1 Å². The van der Waals surface area contributed by atoms with Crippen LogP contribution in [0, 0.1) is 0 Å². The lowest BCUT2D eigenvalue weighted by atomic mass is 9.87. The molecular weight excluding hydrogens is 312 g/mol. The molecule has 0 saturated carbocycles. The van der Waals surface area contributed by atoms with E-state index in [2.05, 4.69) is 48.1 Å². The molecule has 0 bridgehead atoms. The Kier molecular flexibility index (Phi) is 4.59. The van der Waals surface area contributed by atoms with Gasteiger partial charge in [0.15, 0.2) is 5.82 Å². The molecule has 25 heavy (non-hydrogen) atoms. The van der Waals surface area contributed by atoms with Crippen molar-refractivity contribution in [1.82, 2.24) is 15.2 Å². The van der Waals surface area contributed by atoms with Gasteiger partial charge in [0.25, 0.3) is 0 Å². The second-order valence-electron chi connectivity index (χ2n) is 7.13. The Morgan fingerprint density at radius 2 is 1.80 bits per heavy atom. The minimum Gasteiger partial charge on any atom is -0.497 e. The number of H-pyrrole nitrogens is 1. The molecule has 1 heterocycles. The first kappa shape index (κ1) is 17.2. The Labute approximate surface area is 148 Å². The predicted molar refractivity (Wildman–Crippen MR) is 99.5 cm³/mol. The van der Waals surface area contributed by atoms with Crippen LogP contribution >= 0.6 is 0 Å². The highest BCUT2D eigenvalue weighted by atomic mass is 16.5. The molecule has 2 aromatic carbocycles. The third-order valence-electron chi connectivity index (χ3n) is 4.26. The van der Waals surface area contributed by atoms with Crippen molar-refractivity contribution in [3.05, 3.63) is 65.5 Å². The van der Waals surface area contributed by atoms with E-state index in [1.165, 1.54) is 5.56 Å². The monoisotopic (exact) mass is 336 g/mol. The summed E-state index contributed by atoms with van der Waals surface area (Å²) in [5.41, 5.74) is 9.61. The van der Waals surface area contributed by atoms with E-state index in [1.54, 1.807) is 7.11 Å². The normalized spacial score (nSPS) is 12.8. The minimum absolute atomic E-state index is 0.122. The van der Waals surface area contributed by atoms with E-state index in [0.717, 1.165) is 16.9 Å². The molecule has 1 atom stereocenters. The Morgan fingerprint density at radius 1 is 1.08 bits per heavy atom. The van der Waals surface area contributed by atoms with Gasteiger partial charge in [-0.2, -0.15) is 5.10 Å². The lowest BCUT2D eigenvalue weighted by Crippen LogP contribution is -2.13. The number of aromatic amines is 1. The zero-order chi connectivity index (χ0) is 18.0. The van der Waals surface area contributed by atoms with Crippen LogP contribution in [0.5, 0.6) is 5.75 Å². The van der Waals surface area contributed by atoms with Gasteiger partial charge in [-0.15, -0.1) is 0 Å². The van der Waals surface area contributed by atoms with Gasteiger partial charge in [-0.05, 0) is 28.7 Å². The molecule has 0 aliphatic rings. The maximum atomic E-state index is 6.32. The van der Waals surface area contributed by atoms with Crippen LogP contribution in [-0.4, -0.2) is 22.3 Å². The van der Waals surface area contributed by atoms with Gasteiger partial charge in [0.1, 0.15) is 11.6 Å². The molecule has 0 radical (unpaired) electrons. The van der Waals surface area contributed by atoms with Gasteiger partial charge in [-0.1, -0.05) is 57.2 Å². The predicted octanol–water partition coefficient (Wildman–Crippen LogP) is 3.83. The van der Waals surface area contributed by atoms with Crippen LogP contribution in [0.3, 0.4) is 0 Å². The lowest BCUT2D eigenvalue weighted by Gasteiger charge is -2.18. The van der Waals surface area contributed by atoms with Crippen LogP contribution in [0.2, 0.25) is 0 Å². The molecule has 0 aliphatic heterocycles. The molecule has 5 nitrogen and oxygen atoms in total. The van der Waals surface area contributed by atoms with Gasteiger partial charge < -0.3 is 10.5 Å². The standard InChI is InChI=1S/C20H24N4O/c1-20(2,3)15-10-8-13(9-11-15)18-22-19(24-23-18)17(21)14-6-5-7-16(12-14)25-4/h5-12,17H,21H2,1-4H3,(H,22,23,24)/t17-/m1/s1. The zero-order valence-corrected chi connectivity index (χ0v) is 15.1. The smallest absolute Gasteiger partial charge is 0.181 e. The lowest BCUT2D eigenvalue weighted by molar-refractivity contribution is 0.414. The van der Waals surface area contributed by atoms with Gasteiger partial charge in [0, 0.05) is 5.56 Å². The SMILES string of the molecule is COc1cccc([C@@H](N)c2nc(-c3ccc(C(C)(C)C)cc3)n[nH]2)c1. The zero-order valence-electron chi connectivity index (χ0n) is 15.1. The summed E-state index contributed by atoms with van der Waals surface area (Å²) >= 11 is 0. The number of ether oxygens (including phenoxy) is 1. The molecule has 130 valence electrons. The average molecular weight is 336 g/mol. The minimum atomic E-state index is -0.384. The van der Waals surface area contributed by atoms with Crippen molar-refractivity contribution in [2.45, 2.75) is 32.2 Å². The number of nitrogens with one attached hydrogen (secondary N) is 1.